The normalized spacial score (nSPS) is 11.1. The molecule has 9 nitrogen and oxygen atoms in total. The Hall–Kier alpha value is -4.28. The number of nitrogens with two attached hydrogens (primary N) is 1. The summed E-state index contributed by atoms with van der Waals surface area (Å²) in [7, 11) is -1.71. The molecule has 0 aliphatic rings. The van der Waals surface area contributed by atoms with Crippen LogP contribution in [0.25, 0.3) is 33.3 Å². The van der Waals surface area contributed by atoms with Gasteiger partial charge in [-0.1, -0.05) is 54.6 Å². The minimum Gasteiger partial charge on any atom is -0.423 e. The molecule has 0 saturated carbocycles. The van der Waals surface area contributed by atoms with Crippen molar-refractivity contribution in [3.05, 3.63) is 77.9 Å². The molecular weight excluding hydrogens is 419 g/mol. The van der Waals surface area contributed by atoms with Gasteiger partial charge in [0, 0.05) is 22.8 Å². The SMILES string of the molecule is NC(=O)c1cccc2c(-c3nc(NCc4ccccc4)c4cccc(B(O)O)c4n3)[nH]nc12. The largest absolute Gasteiger partial charge is 0.490 e. The minimum atomic E-state index is -1.71. The number of para-hydroxylation sites is 2. The highest BCUT2D eigenvalue weighted by molar-refractivity contribution is 6.61. The van der Waals surface area contributed by atoms with Crippen molar-refractivity contribution >= 4 is 46.1 Å². The van der Waals surface area contributed by atoms with E-state index in [1.54, 1.807) is 30.3 Å². The van der Waals surface area contributed by atoms with Crippen molar-refractivity contribution in [2.45, 2.75) is 6.54 Å². The average molecular weight is 438 g/mol. The average Bonchev–Trinajstić information content (AvgIpc) is 3.26. The lowest BCUT2D eigenvalue weighted by atomic mass is 9.79. The summed E-state index contributed by atoms with van der Waals surface area (Å²) in [6.07, 6.45) is 0. The van der Waals surface area contributed by atoms with Crippen molar-refractivity contribution in [3.63, 3.8) is 0 Å². The summed E-state index contributed by atoms with van der Waals surface area (Å²) in [4.78, 5) is 21.1. The number of primary amides is 1. The van der Waals surface area contributed by atoms with E-state index >= 15 is 0 Å². The molecule has 0 aliphatic carbocycles. The van der Waals surface area contributed by atoms with Crippen LogP contribution in [0.15, 0.2) is 66.7 Å². The monoisotopic (exact) mass is 438 g/mol. The second kappa shape index (κ2) is 8.34. The number of rotatable bonds is 6. The summed E-state index contributed by atoms with van der Waals surface area (Å²) in [5.41, 5.74) is 8.37. The van der Waals surface area contributed by atoms with Crippen LogP contribution in [0.2, 0.25) is 0 Å². The Morgan fingerprint density at radius 2 is 1.70 bits per heavy atom. The number of hydrogen-bond acceptors (Lipinski definition) is 7. The van der Waals surface area contributed by atoms with Crippen molar-refractivity contribution in [1.29, 1.82) is 0 Å². The maximum absolute atomic E-state index is 11.8. The molecule has 0 atom stereocenters. The molecule has 5 rings (SSSR count). The van der Waals surface area contributed by atoms with Crippen molar-refractivity contribution in [2.75, 3.05) is 5.32 Å². The molecule has 10 heteroatoms. The van der Waals surface area contributed by atoms with E-state index in [0.29, 0.717) is 39.9 Å². The standard InChI is InChI=1S/C23H19BN6O3/c25-21(31)15-9-4-8-14-18(15)29-30-20(14)23-27-19-16(10-5-11-17(19)24(32)33)22(28-23)26-12-13-6-2-1-3-7-13/h1-11,32-33H,12H2,(H2,25,31)(H,29,30)(H,26,27,28). The molecule has 0 spiro atoms. The van der Waals surface area contributed by atoms with E-state index in [1.165, 1.54) is 0 Å². The Kier molecular flexibility index (Phi) is 5.21. The van der Waals surface area contributed by atoms with Gasteiger partial charge in [0.15, 0.2) is 5.82 Å². The molecule has 0 radical (unpaired) electrons. The van der Waals surface area contributed by atoms with Gasteiger partial charge in [-0.15, -0.1) is 0 Å². The lowest BCUT2D eigenvalue weighted by Crippen LogP contribution is -2.31. The number of nitrogens with zero attached hydrogens (tertiary/aromatic N) is 3. The number of aromatic amines is 1. The lowest BCUT2D eigenvalue weighted by molar-refractivity contribution is 0.100. The quantitative estimate of drug-likeness (QED) is 0.253. The minimum absolute atomic E-state index is 0.251. The Balaban J connectivity index is 1.70. The zero-order valence-electron chi connectivity index (χ0n) is 17.4. The van der Waals surface area contributed by atoms with Gasteiger partial charge < -0.3 is 21.1 Å². The Labute approximate surface area is 188 Å². The number of carbonyl (C=O) groups excluding carboxylic acids is 1. The summed E-state index contributed by atoms with van der Waals surface area (Å²) in [6, 6.07) is 20.1. The fourth-order valence-electron chi connectivity index (χ4n) is 3.82. The highest BCUT2D eigenvalue weighted by Crippen LogP contribution is 2.29. The molecule has 2 heterocycles. The van der Waals surface area contributed by atoms with E-state index in [9.17, 15) is 14.8 Å². The maximum Gasteiger partial charge on any atom is 0.490 e. The highest BCUT2D eigenvalue weighted by Gasteiger charge is 2.21. The molecule has 0 bridgehead atoms. The van der Waals surface area contributed by atoms with Crippen molar-refractivity contribution < 1.29 is 14.8 Å². The number of amides is 1. The first kappa shape index (κ1) is 20.6. The molecule has 162 valence electrons. The molecular formula is C23H19BN6O3. The molecule has 0 fully saturated rings. The molecule has 3 aromatic carbocycles. The van der Waals surface area contributed by atoms with E-state index < -0.39 is 13.0 Å². The summed E-state index contributed by atoms with van der Waals surface area (Å²) in [5.74, 6) is 0.222. The lowest BCUT2D eigenvalue weighted by Gasteiger charge is -2.13. The molecule has 33 heavy (non-hydrogen) atoms. The van der Waals surface area contributed by atoms with Crippen LogP contribution in [0.4, 0.5) is 5.82 Å². The number of carbonyl (C=O) groups is 1. The van der Waals surface area contributed by atoms with Gasteiger partial charge in [-0.3, -0.25) is 9.89 Å². The Bertz CT molecular complexity index is 1490. The molecule has 1 amide bonds. The summed E-state index contributed by atoms with van der Waals surface area (Å²) >= 11 is 0. The van der Waals surface area contributed by atoms with Crippen molar-refractivity contribution in [3.8, 4) is 11.5 Å². The number of hydrogen-bond donors (Lipinski definition) is 5. The topological polar surface area (TPSA) is 150 Å². The van der Waals surface area contributed by atoms with Crippen LogP contribution in [0, 0.1) is 0 Å². The first-order valence-electron chi connectivity index (χ1n) is 10.2. The number of aromatic nitrogens is 4. The van der Waals surface area contributed by atoms with Crippen molar-refractivity contribution in [1.82, 2.24) is 20.2 Å². The number of nitrogens with one attached hydrogen (secondary N) is 2. The summed E-state index contributed by atoms with van der Waals surface area (Å²) in [5, 5.41) is 31.6. The second-order valence-electron chi connectivity index (χ2n) is 7.52. The smallest absolute Gasteiger partial charge is 0.423 e. The summed E-state index contributed by atoms with van der Waals surface area (Å²) < 4.78 is 0. The number of anilines is 1. The van der Waals surface area contributed by atoms with Gasteiger partial charge in [-0.2, -0.15) is 5.10 Å². The van der Waals surface area contributed by atoms with E-state index in [-0.39, 0.29) is 16.9 Å². The predicted molar refractivity (Wildman–Crippen MR) is 127 cm³/mol. The van der Waals surface area contributed by atoms with Gasteiger partial charge in [0.1, 0.15) is 17.0 Å². The zero-order valence-corrected chi connectivity index (χ0v) is 17.4. The molecule has 0 unspecified atom stereocenters. The Morgan fingerprint density at radius 1 is 0.939 bits per heavy atom. The second-order valence-corrected chi connectivity index (χ2v) is 7.52. The van der Waals surface area contributed by atoms with Gasteiger partial charge in [0.05, 0.1) is 11.1 Å². The molecule has 6 N–H and O–H groups in total. The van der Waals surface area contributed by atoms with Gasteiger partial charge in [-0.05, 0) is 17.7 Å². The molecule has 2 aromatic heterocycles. The fourth-order valence-corrected chi connectivity index (χ4v) is 3.82. The third-order valence-electron chi connectivity index (χ3n) is 5.41. The first-order chi connectivity index (χ1) is 16.0. The fraction of sp³-hybridized carbons (Fsp3) is 0.0435. The van der Waals surface area contributed by atoms with Crippen LogP contribution in [0.3, 0.4) is 0 Å². The number of fused-ring (bicyclic) bond motifs is 2. The molecule has 5 aromatic rings. The van der Waals surface area contributed by atoms with Crippen molar-refractivity contribution in [2.24, 2.45) is 5.73 Å². The van der Waals surface area contributed by atoms with Gasteiger partial charge in [-0.25, -0.2) is 9.97 Å². The number of benzene rings is 3. The van der Waals surface area contributed by atoms with E-state index in [2.05, 4.69) is 20.5 Å². The van der Waals surface area contributed by atoms with Crippen LogP contribution in [-0.4, -0.2) is 43.2 Å². The number of H-pyrrole nitrogens is 1. The third kappa shape index (κ3) is 3.77. The Morgan fingerprint density at radius 3 is 2.45 bits per heavy atom. The highest BCUT2D eigenvalue weighted by atomic mass is 16.4. The zero-order chi connectivity index (χ0) is 22.9. The summed E-state index contributed by atoms with van der Waals surface area (Å²) in [6.45, 7) is 0.508. The molecule has 0 aliphatic heterocycles. The van der Waals surface area contributed by atoms with Gasteiger partial charge in [0.2, 0.25) is 0 Å². The van der Waals surface area contributed by atoms with Crippen LogP contribution in [-0.2, 0) is 6.54 Å². The van der Waals surface area contributed by atoms with Crippen LogP contribution in [0.1, 0.15) is 15.9 Å². The van der Waals surface area contributed by atoms with E-state index in [0.717, 1.165) is 5.56 Å². The predicted octanol–water partition coefficient (Wildman–Crippen LogP) is 1.56. The first-order valence-corrected chi connectivity index (χ1v) is 10.2. The van der Waals surface area contributed by atoms with Crippen LogP contribution >= 0.6 is 0 Å². The maximum atomic E-state index is 11.8. The molecule has 0 saturated heterocycles. The van der Waals surface area contributed by atoms with Crippen LogP contribution < -0.4 is 16.5 Å². The third-order valence-corrected chi connectivity index (χ3v) is 5.41. The van der Waals surface area contributed by atoms with Gasteiger partial charge >= 0.3 is 7.12 Å². The van der Waals surface area contributed by atoms with E-state index in [4.69, 9.17) is 10.7 Å². The van der Waals surface area contributed by atoms with Crippen LogP contribution in [0.5, 0.6) is 0 Å². The van der Waals surface area contributed by atoms with Gasteiger partial charge in [0.25, 0.3) is 5.91 Å². The van der Waals surface area contributed by atoms with E-state index in [1.807, 2.05) is 36.4 Å².